The average molecular weight is 226 g/mol. The van der Waals surface area contributed by atoms with E-state index >= 15 is 0 Å². The molecular weight excluding hydrogens is 218 g/mol. The molecule has 0 amide bonds. The first-order chi connectivity index (χ1) is 5.74. The van der Waals surface area contributed by atoms with Gasteiger partial charge in [-0.2, -0.15) is 0 Å². The fourth-order valence-corrected chi connectivity index (χ4v) is 1.17. The predicted molar refractivity (Wildman–Crippen MR) is 51.7 cm³/mol. The van der Waals surface area contributed by atoms with Crippen LogP contribution in [0.3, 0.4) is 0 Å². The zero-order valence-electron chi connectivity index (χ0n) is 6.66. The lowest BCUT2D eigenvalue weighted by atomic mass is 10.1. The summed E-state index contributed by atoms with van der Waals surface area (Å²) in [6, 6.07) is 5.89. The van der Waals surface area contributed by atoms with Crippen molar-refractivity contribution in [2.24, 2.45) is 5.11 Å². The second kappa shape index (κ2) is 4.14. The number of hydrogen-bond donors (Lipinski definition) is 0. The molecule has 0 aliphatic rings. The van der Waals surface area contributed by atoms with Crippen molar-refractivity contribution in [2.75, 3.05) is 0 Å². The van der Waals surface area contributed by atoms with Crippen molar-refractivity contribution >= 4 is 15.9 Å². The fourth-order valence-electron chi connectivity index (χ4n) is 0.918. The lowest BCUT2D eigenvalue weighted by molar-refractivity contribution is 1.04. The Hall–Kier alpha value is -0.990. The van der Waals surface area contributed by atoms with Crippen LogP contribution in [0.2, 0.25) is 0 Å². The van der Waals surface area contributed by atoms with Gasteiger partial charge in [0.05, 0.1) is 6.54 Å². The molecule has 0 bridgehead atoms. The van der Waals surface area contributed by atoms with Gasteiger partial charge >= 0.3 is 0 Å². The van der Waals surface area contributed by atoms with Crippen LogP contribution in [-0.2, 0) is 6.54 Å². The molecule has 0 fully saturated rings. The number of rotatable bonds is 2. The van der Waals surface area contributed by atoms with Crippen LogP contribution in [-0.4, -0.2) is 0 Å². The van der Waals surface area contributed by atoms with E-state index in [1.54, 1.807) is 0 Å². The number of benzene rings is 1. The molecule has 12 heavy (non-hydrogen) atoms. The molecule has 0 heterocycles. The zero-order valence-corrected chi connectivity index (χ0v) is 8.24. The van der Waals surface area contributed by atoms with E-state index in [1.807, 2.05) is 25.1 Å². The Morgan fingerprint density at radius 1 is 1.58 bits per heavy atom. The quantitative estimate of drug-likeness (QED) is 0.420. The summed E-state index contributed by atoms with van der Waals surface area (Å²) in [6.07, 6.45) is 0. The molecule has 1 rings (SSSR count). The van der Waals surface area contributed by atoms with Crippen molar-refractivity contribution in [3.63, 3.8) is 0 Å². The van der Waals surface area contributed by atoms with E-state index in [4.69, 9.17) is 5.53 Å². The van der Waals surface area contributed by atoms with Crippen molar-refractivity contribution < 1.29 is 0 Å². The summed E-state index contributed by atoms with van der Waals surface area (Å²) in [7, 11) is 0. The lowest BCUT2D eigenvalue weighted by Crippen LogP contribution is -1.82. The Morgan fingerprint density at radius 2 is 2.33 bits per heavy atom. The highest BCUT2D eigenvalue weighted by molar-refractivity contribution is 9.10. The molecular formula is C8H8BrN3. The molecule has 0 aliphatic carbocycles. The van der Waals surface area contributed by atoms with Crippen LogP contribution in [0.5, 0.6) is 0 Å². The molecule has 62 valence electrons. The summed E-state index contributed by atoms with van der Waals surface area (Å²) < 4.78 is 1.08. The van der Waals surface area contributed by atoms with Crippen LogP contribution < -0.4 is 0 Å². The largest absolute Gasteiger partial charge is 0.0893 e. The van der Waals surface area contributed by atoms with E-state index in [-0.39, 0.29) is 0 Å². The molecule has 0 radical (unpaired) electrons. The Bertz CT molecular complexity index is 329. The van der Waals surface area contributed by atoms with E-state index in [2.05, 4.69) is 26.0 Å². The smallest absolute Gasteiger partial charge is 0.0510 e. The minimum Gasteiger partial charge on any atom is -0.0893 e. The SMILES string of the molecule is Cc1cc(CN=[N+]=[N-])ccc1Br. The van der Waals surface area contributed by atoms with Crippen LogP contribution in [0.4, 0.5) is 0 Å². The normalized spacial score (nSPS) is 9.17. The topological polar surface area (TPSA) is 48.8 Å². The van der Waals surface area contributed by atoms with Gasteiger partial charge in [0.25, 0.3) is 0 Å². The number of halogens is 1. The highest BCUT2D eigenvalue weighted by atomic mass is 79.9. The molecule has 1 aromatic rings. The number of nitrogens with zero attached hydrogens (tertiary/aromatic N) is 3. The van der Waals surface area contributed by atoms with Gasteiger partial charge in [0.15, 0.2) is 0 Å². The molecule has 0 atom stereocenters. The van der Waals surface area contributed by atoms with Gasteiger partial charge in [-0.3, -0.25) is 0 Å². The van der Waals surface area contributed by atoms with E-state index in [9.17, 15) is 0 Å². The molecule has 4 heteroatoms. The van der Waals surface area contributed by atoms with Crippen LogP contribution in [0.1, 0.15) is 11.1 Å². The summed E-state index contributed by atoms with van der Waals surface area (Å²) in [5, 5.41) is 3.48. The Balaban J connectivity index is 2.89. The fraction of sp³-hybridized carbons (Fsp3) is 0.250. The minimum absolute atomic E-state index is 0.421. The van der Waals surface area contributed by atoms with E-state index in [0.29, 0.717) is 6.54 Å². The van der Waals surface area contributed by atoms with E-state index < -0.39 is 0 Å². The summed E-state index contributed by atoms with van der Waals surface area (Å²) in [4.78, 5) is 2.70. The maximum absolute atomic E-state index is 8.10. The average Bonchev–Trinajstić information content (AvgIpc) is 2.07. The van der Waals surface area contributed by atoms with Crippen LogP contribution >= 0.6 is 15.9 Å². The minimum atomic E-state index is 0.421. The van der Waals surface area contributed by atoms with Crippen molar-refractivity contribution in [1.29, 1.82) is 0 Å². The Labute approximate surface area is 79.2 Å². The summed E-state index contributed by atoms with van der Waals surface area (Å²) in [6.45, 7) is 2.42. The van der Waals surface area contributed by atoms with Gasteiger partial charge in [-0.15, -0.1) is 0 Å². The summed E-state index contributed by atoms with van der Waals surface area (Å²) in [5.74, 6) is 0. The summed E-state index contributed by atoms with van der Waals surface area (Å²) in [5.41, 5.74) is 10.3. The predicted octanol–water partition coefficient (Wildman–Crippen LogP) is 3.57. The third kappa shape index (κ3) is 2.26. The Morgan fingerprint density at radius 3 is 2.92 bits per heavy atom. The lowest BCUT2D eigenvalue weighted by Gasteiger charge is -1.99. The Kier molecular flexibility index (Phi) is 3.14. The number of hydrogen-bond acceptors (Lipinski definition) is 1. The molecule has 0 spiro atoms. The molecule has 0 aromatic heterocycles. The molecule has 0 unspecified atom stereocenters. The van der Waals surface area contributed by atoms with Gasteiger partial charge in [-0.25, -0.2) is 0 Å². The van der Waals surface area contributed by atoms with E-state index in [0.717, 1.165) is 15.6 Å². The van der Waals surface area contributed by atoms with Crippen molar-refractivity contribution in [1.82, 2.24) is 0 Å². The van der Waals surface area contributed by atoms with Gasteiger partial charge in [-0.1, -0.05) is 33.2 Å². The number of azide groups is 1. The van der Waals surface area contributed by atoms with Gasteiger partial charge < -0.3 is 0 Å². The highest BCUT2D eigenvalue weighted by Gasteiger charge is 1.95. The monoisotopic (exact) mass is 225 g/mol. The van der Waals surface area contributed by atoms with E-state index in [1.165, 1.54) is 0 Å². The zero-order chi connectivity index (χ0) is 8.97. The summed E-state index contributed by atoms with van der Waals surface area (Å²) >= 11 is 3.39. The van der Waals surface area contributed by atoms with Gasteiger partial charge in [0.1, 0.15) is 0 Å². The third-order valence-corrected chi connectivity index (χ3v) is 2.43. The second-order valence-electron chi connectivity index (χ2n) is 2.47. The standard InChI is InChI=1S/C8H8BrN3/c1-6-4-7(5-11-12-10)2-3-8(6)9/h2-4H,5H2,1H3. The molecule has 3 nitrogen and oxygen atoms in total. The van der Waals surface area contributed by atoms with Crippen molar-refractivity contribution in [2.45, 2.75) is 13.5 Å². The number of aryl methyl sites for hydroxylation is 1. The molecule has 0 saturated heterocycles. The van der Waals surface area contributed by atoms with Gasteiger partial charge in [0.2, 0.25) is 0 Å². The second-order valence-corrected chi connectivity index (χ2v) is 3.33. The van der Waals surface area contributed by atoms with Crippen LogP contribution in [0, 0.1) is 6.92 Å². The van der Waals surface area contributed by atoms with Crippen LogP contribution in [0.15, 0.2) is 27.8 Å². The molecule has 1 aromatic carbocycles. The third-order valence-electron chi connectivity index (χ3n) is 1.54. The van der Waals surface area contributed by atoms with Crippen molar-refractivity contribution in [3.8, 4) is 0 Å². The van der Waals surface area contributed by atoms with Crippen molar-refractivity contribution in [3.05, 3.63) is 44.2 Å². The molecule has 0 aliphatic heterocycles. The first-order valence-corrected chi connectivity index (χ1v) is 4.29. The van der Waals surface area contributed by atoms with Gasteiger partial charge in [-0.05, 0) is 29.6 Å². The van der Waals surface area contributed by atoms with Crippen LogP contribution in [0.25, 0.3) is 10.4 Å². The first kappa shape index (κ1) is 9.10. The maximum atomic E-state index is 8.10. The van der Waals surface area contributed by atoms with Gasteiger partial charge in [0, 0.05) is 9.38 Å². The molecule has 0 saturated carbocycles. The molecule has 0 N–H and O–H groups in total. The maximum Gasteiger partial charge on any atom is 0.0510 e. The highest BCUT2D eigenvalue weighted by Crippen LogP contribution is 2.17. The first-order valence-electron chi connectivity index (χ1n) is 3.50.